The van der Waals surface area contributed by atoms with E-state index >= 15 is 0 Å². The van der Waals surface area contributed by atoms with Crippen LogP contribution in [0.15, 0.2) is 11.6 Å². The van der Waals surface area contributed by atoms with Crippen LogP contribution >= 0.6 is 34.8 Å². The number of unbranched alkanes of at least 4 members (excludes halogenated alkanes) is 2. The lowest BCUT2D eigenvalue weighted by molar-refractivity contribution is -0.122. The molecule has 1 heterocycles. The second kappa shape index (κ2) is 12.1. The highest BCUT2D eigenvalue weighted by Crippen LogP contribution is 2.48. The molecule has 0 aromatic carbocycles. The number of hydrogen-bond acceptors (Lipinski definition) is 5. The van der Waals surface area contributed by atoms with Crippen LogP contribution in [0.5, 0.6) is 0 Å². The van der Waals surface area contributed by atoms with Crippen molar-refractivity contribution < 1.29 is 22.5 Å². The van der Waals surface area contributed by atoms with Gasteiger partial charge in [0.05, 0.1) is 24.6 Å². The van der Waals surface area contributed by atoms with Gasteiger partial charge in [-0.2, -0.15) is 12.7 Å². The Labute approximate surface area is 200 Å². The summed E-state index contributed by atoms with van der Waals surface area (Å²) in [7, 11) is -4.37. The lowest BCUT2D eigenvalue weighted by Gasteiger charge is -2.24. The number of rotatable bonds is 13. The van der Waals surface area contributed by atoms with E-state index in [1.807, 2.05) is 19.9 Å². The highest BCUT2D eigenvalue weighted by molar-refractivity contribution is 7.84. The van der Waals surface area contributed by atoms with Crippen molar-refractivity contribution >= 4 is 51.0 Å². The molecule has 3 unspecified atom stereocenters. The van der Waals surface area contributed by atoms with Crippen LogP contribution in [0.2, 0.25) is 0 Å². The van der Waals surface area contributed by atoms with E-state index in [1.54, 1.807) is 6.92 Å². The van der Waals surface area contributed by atoms with Gasteiger partial charge in [-0.25, -0.2) is 4.18 Å². The number of carbonyl (C=O) groups excluding carboxylic acids is 1. The molecule has 1 rings (SSSR count). The Hall–Kier alpha value is -0.530. The molecule has 0 saturated carbocycles. The maximum atomic E-state index is 12.9. The van der Waals surface area contributed by atoms with Crippen LogP contribution in [0.1, 0.15) is 59.3 Å². The molecule has 2 N–H and O–H groups in total. The second-order valence-corrected chi connectivity index (χ2v) is 11.8. The van der Waals surface area contributed by atoms with Gasteiger partial charge in [-0.05, 0) is 46.5 Å². The molecule has 4 atom stereocenters. The molecular weight excluding hydrogens is 487 g/mol. The number of hydrogen-bond donors (Lipinski definition) is 2. The SMILES string of the molecule is C#CCCCCNC(=O)C[C@@H](OS(=O)(=O)N1C(CO)C1(C)CCC=C(C)C)C(Cl)(Cl)Cl. The third kappa shape index (κ3) is 8.73. The van der Waals surface area contributed by atoms with Crippen LogP contribution in [0.3, 0.4) is 0 Å². The molecular formula is C20H31Cl3N2O5S. The summed E-state index contributed by atoms with van der Waals surface area (Å²) < 4.78 is 29.9. The molecule has 1 fully saturated rings. The summed E-state index contributed by atoms with van der Waals surface area (Å²) in [5.74, 6) is 1.99. The van der Waals surface area contributed by atoms with Crippen molar-refractivity contribution in [3.8, 4) is 12.3 Å². The van der Waals surface area contributed by atoms with Gasteiger partial charge in [-0.3, -0.25) is 4.79 Å². The molecule has 0 spiro atoms. The highest BCUT2D eigenvalue weighted by Gasteiger charge is 2.65. The number of nitrogens with zero attached hydrogens (tertiary/aromatic N) is 1. The summed E-state index contributed by atoms with van der Waals surface area (Å²) in [5, 5.41) is 12.3. The molecule has 31 heavy (non-hydrogen) atoms. The summed E-state index contributed by atoms with van der Waals surface area (Å²) in [4.78, 5) is 12.2. The van der Waals surface area contributed by atoms with Crippen molar-refractivity contribution in [2.45, 2.75) is 80.8 Å². The fourth-order valence-corrected chi connectivity index (χ4v) is 5.70. The Morgan fingerprint density at radius 2 is 2.03 bits per heavy atom. The van der Waals surface area contributed by atoms with Crippen molar-refractivity contribution in [1.82, 2.24) is 9.62 Å². The second-order valence-electron chi connectivity index (χ2n) is 7.97. The standard InChI is InChI=1S/C20H31Cl3N2O5S/c1-5-6-7-8-12-24-18(27)13-17(20(21,22)23)30-31(28,29)25-16(14-26)19(25,4)11-9-10-15(2)3/h1,10,16-17,26H,6-9,11-14H2,2-4H3,(H,24,27)/t16?,17-,19?,25?/m1/s1. The molecule has 1 aliphatic heterocycles. The summed E-state index contributed by atoms with van der Waals surface area (Å²) in [6.07, 6.45) is 8.31. The Morgan fingerprint density at radius 3 is 2.55 bits per heavy atom. The minimum Gasteiger partial charge on any atom is -0.395 e. The van der Waals surface area contributed by atoms with Gasteiger partial charge in [0.2, 0.25) is 9.70 Å². The molecule has 7 nitrogen and oxygen atoms in total. The molecule has 178 valence electrons. The van der Waals surface area contributed by atoms with E-state index in [-0.39, 0.29) is 6.61 Å². The minimum atomic E-state index is -4.37. The number of aliphatic hydroxyl groups is 1. The summed E-state index contributed by atoms with van der Waals surface area (Å²) in [6.45, 7) is 5.61. The molecule has 1 amide bonds. The number of amides is 1. The van der Waals surface area contributed by atoms with Crippen LogP contribution in [-0.4, -0.2) is 58.4 Å². The monoisotopic (exact) mass is 516 g/mol. The lowest BCUT2D eigenvalue weighted by atomic mass is 10.0. The molecule has 0 bridgehead atoms. The zero-order valence-electron chi connectivity index (χ0n) is 18.0. The predicted octanol–water partition coefficient (Wildman–Crippen LogP) is 3.48. The first-order valence-electron chi connectivity index (χ1n) is 10.0. The smallest absolute Gasteiger partial charge is 0.339 e. The molecule has 0 aromatic heterocycles. The molecule has 0 aliphatic carbocycles. The fourth-order valence-electron chi connectivity index (χ4n) is 3.30. The van der Waals surface area contributed by atoms with E-state index in [1.165, 1.54) is 0 Å². The van der Waals surface area contributed by atoms with Crippen LogP contribution in [0.25, 0.3) is 0 Å². The summed E-state index contributed by atoms with van der Waals surface area (Å²) in [6, 6.07) is -0.649. The van der Waals surface area contributed by atoms with Crippen LogP contribution in [0, 0.1) is 12.3 Å². The van der Waals surface area contributed by atoms with Gasteiger partial charge in [0.25, 0.3) is 0 Å². The van der Waals surface area contributed by atoms with Crippen molar-refractivity contribution in [2.24, 2.45) is 0 Å². The maximum Gasteiger partial charge on any atom is 0.339 e. The number of allylic oxidation sites excluding steroid dienone is 2. The molecule has 1 aliphatic rings. The topological polar surface area (TPSA) is 95.7 Å². The minimum absolute atomic E-state index is 0.362. The van der Waals surface area contributed by atoms with E-state index < -0.39 is 44.1 Å². The van der Waals surface area contributed by atoms with E-state index in [4.69, 9.17) is 45.4 Å². The predicted molar refractivity (Wildman–Crippen MR) is 124 cm³/mol. The number of terminal acetylenes is 1. The zero-order valence-corrected chi connectivity index (χ0v) is 21.1. The highest BCUT2D eigenvalue weighted by atomic mass is 35.6. The number of nitrogens with one attached hydrogen (secondary N) is 1. The van der Waals surface area contributed by atoms with Gasteiger partial charge in [0.1, 0.15) is 6.10 Å². The van der Waals surface area contributed by atoms with Gasteiger partial charge in [0, 0.05) is 13.0 Å². The first-order chi connectivity index (χ1) is 14.3. The molecule has 0 radical (unpaired) electrons. The Bertz CT molecular complexity index is 788. The van der Waals surface area contributed by atoms with Crippen molar-refractivity contribution in [3.63, 3.8) is 0 Å². The summed E-state index contributed by atoms with van der Waals surface area (Å²) in [5.41, 5.74) is 0.286. The number of halogens is 3. The van der Waals surface area contributed by atoms with Crippen LogP contribution < -0.4 is 5.32 Å². The number of aliphatic hydroxyl groups excluding tert-OH is 1. The molecule has 0 aromatic rings. The Morgan fingerprint density at radius 1 is 1.39 bits per heavy atom. The van der Waals surface area contributed by atoms with E-state index in [2.05, 4.69) is 11.2 Å². The third-order valence-corrected chi connectivity index (χ3v) is 7.46. The van der Waals surface area contributed by atoms with Crippen LogP contribution in [0.4, 0.5) is 0 Å². The molecule has 1 saturated heterocycles. The van der Waals surface area contributed by atoms with Crippen molar-refractivity contribution in [3.05, 3.63) is 11.6 Å². The number of carbonyl (C=O) groups is 1. The first kappa shape index (κ1) is 28.5. The largest absolute Gasteiger partial charge is 0.395 e. The quantitative estimate of drug-likeness (QED) is 0.128. The number of alkyl halides is 3. The first-order valence-corrected chi connectivity index (χ1v) is 12.5. The normalized spacial score (nSPS) is 24.2. The van der Waals surface area contributed by atoms with Crippen molar-refractivity contribution in [2.75, 3.05) is 13.2 Å². The Kier molecular flexibility index (Phi) is 11.1. The van der Waals surface area contributed by atoms with Gasteiger partial charge >= 0.3 is 10.3 Å². The van der Waals surface area contributed by atoms with Gasteiger partial charge < -0.3 is 10.4 Å². The average Bonchev–Trinajstić information content (AvgIpc) is 3.25. The fraction of sp³-hybridized carbons (Fsp3) is 0.750. The Balaban J connectivity index is 2.81. The van der Waals surface area contributed by atoms with E-state index in [0.717, 1.165) is 16.3 Å². The van der Waals surface area contributed by atoms with Gasteiger partial charge in [0.15, 0.2) is 0 Å². The van der Waals surface area contributed by atoms with Gasteiger partial charge in [-0.1, -0.05) is 46.5 Å². The third-order valence-electron chi connectivity index (χ3n) is 5.10. The molecule has 11 heteroatoms. The van der Waals surface area contributed by atoms with Gasteiger partial charge in [-0.15, -0.1) is 12.3 Å². The lowest BCUT2D eigenvalue weighted by Crippen LogP contribution is -2.39. The van der Waals surface area contributed by atoms with Crippen molar-refractivity contribution in [1.29, 1.82) is 0 Å². The van der Waals surface area contributed by atoms with E-state index in [0.29, 0.717) is 32.2 Å². The van der Waals surface area contributed by atoms with Crippen LogP contribution in [-0.2, 0) is 19.3 Å². The average molecular weight is 518 g/mol. The van der Waals surface area contributed by atoms with E-state index in [9.17, 15) is 18.3 Å². The summed E-state index contributed by atoms with van der Waals surface area (Å²) >= 11 is 17.7. The maximum absolute atomic E-state index is 12.9. The zero-order chi connectivity index (χ0) is 23.9.